The molecule has 0 saturated carbocycles. The molecular weight excluding hydrogens is 361 g/mol. The predicted octanol–water partition coefficient (Wildman–Crippen LogP) is 3.04. The van der Waals surface area contributed by atoms with Gasteiger partial charge in [-0.15, -0.1) is 0 Å². The molecule has 0 bridgehead atoms. The summed E-state index contributed by atoms with van der Waals surface area (Å²) in [7, 11) is 0. The van der Waals surface area contributed by atoms with Gasteiger partial charge >= 0.3 is 0 Å². The summed E-state index contributed by atoms with van der Waals surface area (Å²) in [6.45, 7) is 1.26. The SMILES string of the molecule is CC(=O)N(CCNC(=O)CCOc1ccccc1)c1ccc(F)c(F)c1F. The predicted molar refractivity (Wildman–Crippen MR) is 93.9 cm³/mol. The highest BCUT2D eigenvalue weighted by Crippen LogP contribution is 2.23. The average molecular weight is 380 g/mol. The van der Waals surface area contributed by atoms with Crippen molar-refractivity contribution in [2.45, 2.75) is 13.3 Å². The van der Waals surface area contributed by atoms with Crippen molar-refractivity contribution in [2.24, 2.45) is 0 Å². The van der Waals surface area contributed by atoms with Crippen LogP contribution in [0, 0.1) is 17.5 Å². The Bertz CT molecular complexity index is 800. The molecule has 0 aliphatic rings. The van der Waals surface area contributed by atoms with Crippen molar-refractivity contribution in [2.75, 3.05) is 24.6 Å². The van der Waals surface area contributed by atoms with Crippen molar-refractivity contribution in [3.05, 3.63) is 59.9 Å². The number of amides is 2. The van der Waals surface area contributed by atoms with E-state index in [1.165, 1.54) is 0 Å². The van der Waals surface area contributed by atoms with Gasteiger partial charge in [0.15, 0.2) is 17.5 Å². The van der Waals surface area contributed by atoms with E-state index >= 15 is 0 Å². The van der Waals surface area contributed by atoms with Crippen molar-refractivity contribution in [3.8, 4) is 5.75 Å². The lowest BCUT2D eigenvalue weighted by Gasteiger charge is -2.22. The molecule has 0 aliphatic heterocycles. The molecule has 0 fully saturated rings. The molecule has 0 heterocycles. The first-order chi connectivity index (χ1) is 12.9. The maximum atomic E-state index is 13.9. The minimum atomic E-state index is -1.65. The molecule has 0 unspecified atom stereocenters. The minimum Gasteiger partial charge on any atom is -0.493 e. The lowest BCUT2D eigenvalue weighted by Crippen LogP contribution is -2.38. The molecule has 0 spiro atoms. The van der Waals surface area contributed by atoms with Crippen LogP contribution in [0.15, 0.2) is 42.5 Å². The first kappa shape index (κ1) is 20.3. The Balaban J connectivity index is 1.83. The summed E-state index contributed by atoms with van der Waals surface area (Å²) in [6.07, 6.45) is 0.0918. The fourth-order valence-electron chi connectivity index (χ4n) is 2.35. The molecule has 0 saturated heterocycles. The number of hydrogen-bond donors (Lipinski definition) is 1. The second-order valence-corrected chi connectivity index (χ2v) is 5.63. The van der Waals surface area contributed by atoms with Crippen molar-refractivity contribution < 1.29 is 27.5 Å². The van der Waals surface area contributed by atoms with Crippen LogP contribution in [-0.2, 0) is 9.59 Å². The quantitative estimate of drug-likeness (QED) is 0.716. The van der Waals surface area contributed by atoms with Crippen LogP contribution in [0.25, 0.3) is 0 Å². The van der Waals surface area contributed by atoms with E-state index < -0.39 is 23.4 Å². The van der Waals surface area contributed by atoms with Crippen LogP contribution < -0.4 is 15.0 Å². The number of nitrogens with zero attached hydrogens (tertiary/aromatic N) is 1. The van der Waals surface area contributed by atoms with E-state index in [-0.39, 0.29) is 37.7 Å². The Morgan fingerprint density at radius 2 is 1.74 bits per heavy atom. The Hall–Kier alpha value is -3.03. The molecular formula is C19H19F3N2O3. The molecule has 1 N–H and O–H groups in total. The van der Waals surface area contributed by atoms with Crippen molar-refractivity contribution in [3.63, 3.8) is 0 Å². The number of nitrogens with one attached hydrogen (secondary N) is 1. The van der Waals surface area contributed by atoms with Crippen LogP contribution in [0.4, 0.5) is 18.9 Å². The van der Waals surface area contributed by atoms with Crippen molar-refractivity contribution in [1.82, 2.24) is 5.32 Å². The highest BCUT2D eigenvalue weighted by Gasteiger charge is 2.21. The van der Waals surface area contributed by atoms with Gasteiger partial charge in [-0.3, -0.25) is 9.59 Å². The largest absolute Gasteiger partial charge is 0.493 e. The molecule has 0 radical (unpaired) electrons. The maximum Gasteiger partial charge on any atom is 0.224 e. The van der Waals surface area contributed by atoms with E-state index in [4.69, 9.17) is 4.74 Å². The highest BCUT2D eigenvalue weighted by molar-refractivity contribution is 5.91. The average Bonchev–Trinajstić information content (AvgIpc) is 2.65. The van der Waals surface area contributed by atoms with Gasteiger partial charge in [0.2, 0.25) is 11.8 Å². The first-order valence-electron chi connectivity index (χ1n) is 8.26. The minimum absolute atomic E-state index is 0.0161. The van der Waals surface area contributed by atoms with Crippen LogP contribution >= 0.6 is 0 Å². The zero-order valence-corrected chi connectivity index (χ0v) is 14.7. The zero-order valence-electron chi connectivity index (χ0n) is 14.7. The monoisotopic (exact) mass is 380 g/mol. The van der Waals surface area contributed by atoms with Gasteiger partial charge in [-0.05, 0) is 24.3 Å². The van der Waals surface area contributed by atoms with Crippen molar-refractivity contribution >= 4 is 17.5 Å². The molecule has 0 aliphatic carbocycles. The van der Waals surface area contributed by atoms with Gasteiger partial charge in [0, 0.05) is 20.0 Å². The summed E-state index contributed by atoms with van der Waals surface area (Å²) in [5.41, 5.74) is -0.386. The van der Waals surface area contributed by atoms with Crippen LogP contribution in [-0.4, -0.2) is 31.5 Å². The number of carbonyl (C=O) groups excluding carboxylic acids is 2. The fourth-order valence-corrected chi connectivity index (χ4v) is 2.35. The Morgan fingerprint density at radius 1 is 1.04 bits per heavy atom. The number of carbonyl (C=O) groups is 2. The summed E-state index contributed by atoms with van der Waals surface area (Å²) >= 11 is 0. The van der Waals surface area contributed by atoms with E-state index in [1.807, 2.05) is 18.2 Å². The molecule has 144 valence electrons. The third-order valence-corrected chi connectivity index (χ3v) is 3.68. The molecule has 0 atom stereocenters. The van der Waals surface area contributed by atoms with Gasteiger partial charge in [-0.2, -0.15) is 0 Å². The summed E-state index contributed by atoms with van der Waals surface area (Å²) in [5.74, 6) is -4.69. The zero-order chi connectivity index (χ0) is 19.8. The topological polar surface area (TPSA) is 58.6 Å². The van der Waals surface area contributed by atoms with Gasteiger partial charge < -0.3 is 15.0 Å². The Kier molecular flexibility index (Phi) is 7.22. The third kappa shape index (κ3) is 5.73. The number of benzene rings is 2. The molecule has 27 heavy (non-hydrogen) atoms. The third-order valence-electron chi connectivity index (χ3n) is 3.68. The van der Waals surface area contributed by atoms with Gasteiger partial charge in [0.05, 0.1) is 18.7 Å². The van der Waals surface area contributed by atoms with Crippen LogP contribution in [0.2, 0.25) is 0 Å². The number of rotatable bonds is 8. The Morgan fingerprint density at radius 3 is 2.41 bits per heavy atom. The molecule has 2 rings (SSSR count). The summed E-state index contributed by atoms with van der Waals surface area (Å²) in [5, 5.41) is 2.57. The summed E-state index contributed by atoms with van der Waals surface area (Å²) in [6, 6.07) is 10.7. The molecule has 0 aromatic heterocycles. The van der Waals surface area contributed by atoms with E-state index in [1.54, 1.807) is 12.1 Å². The number of para-hydroxylation sites is 1. The lowest BCUT2D eigenvalue weighted by atomic mass is 10.2. The van der Waals surface area contributed by atoms with Crippen LogP contribution in [0.5, 0.6) is 5.75 Å². The number of anilines is 1. The maximum absolute atomic E-state index is 13.9. The molecule has 2 aromatic rings. The fraction of sp³-hybridized carbons (Fsp3) is 0.263. The van der Waals surface area contributed by atoms with E-state index in [2.05, 4.69) is 5.32 Å². The second kappa shape index (κ2) is 9.61. The highest BCUT2D eigenvalue weighted by atomic mass is 19.2. The van der Waals surface area contributed by atoms with E-state index in [9.17, 15) is 22.8 Å². The van der Waals surface area contributed by atoms with Gasteiger partial charge in [0.1, 0.15) is 5.75 Å². The van der Waals surface area contributed by atoms with Gasteiger partial charge in [0.25, 0.3) is 0 Å². The smallest absolute Gasteiger partial charge is 0.224 e. The van der Waals surface area contributed by atoms with Crippen LogP contribution in [0.3, 0.4) is 0 Å². The lowest BCUT2D eigenvalue weighted by molar-refractivity contribution is -0.122. The van der Waals surface area contributed by atoms with Crippen molar-refractivity contribution in [1.29, 1.82) is 0 Å². The van der Waals surface area contributed by atoms with Gasteiger partial charge in [-0.25, -0.2) is 13.2 Å². The molecule has 5 nitrogen and oxygen atoms in total. The molecule has 2 amide bonds. The molecule has 2 aromatic carbocycles. The Labute approximate surface area is 154 Å². The summed E-state index contributed by atoms with van der Waals surface area (Å²) < 4.78 is 45.7. The summed E-state index contributed by atoms with van der Waals surface area (Å²) in [4.78, 5) is 24.4. The van der Waals surface area contributed by atoms with Gasteiger partial charge in [-0.1, -0.05) is 18.2 Å². The van der Waals surface area contributed by atoms with E-state index in [0.717, 1.165) is 24.0 Å². The standard InChI is InChI=1S/C19H19F3N2O3/c1-13(25)24(16-8-7-15(20)18(21)19(16)22)11-10-23-17(26)9-12-27-14-5-3-2-4-6-14/h2-8H,9-12H2,1H3,(H,23,26). The normalized spacial score (nSPS) is 10.4. The van der Waals surface area contributed by atoms with E-state index in [0.29, 0.717) is 5.75 Å². The number of hydrogen-bond acceptors (Lipinski definition) is 3. The molecule has 8 heteroatoms. The number of ether oxygens (including phenoxy) is 1. The first-order valence-corrected chi connectivity index (χ1v) is 8.26. The number of halogens is 3. The van der Waals surface area contributed by atoms with Crippen LogP contribution in [0.1, 0.15) is 13.3 Å². The second-order valence-electron chi connectivity index (χ2n) is 5.63.